The summed E-state index contributed by atoms with van der Waals surface area (Å²) in [5.74, 6) is -1.78. The molecule has 0 aliphatic rings. The number of rotatable bonds is 3. The summed E-state index contributed by atoms with van der Waals surface area (Å²) < 4.78 is 4.66. The molecule has 4 nitrogen and oxygen atoms in total. The van der Waals surface area contributed by atoms with Crippen molar-refractivity contribution in [3.05, 3.63) is 35.9 Å². The van der Waals surface area contributed by atoms with Crippen LogP contribution >= 0.6 is 0 Å². The molecule has 0 spiro atoms. The number of hydrogen-bond acceptors (Lipinski definition) is 3. The number of carbonyl (C=O) groups excluding carboxylic acids is 1. The third-order valence-corrected chi connectivity index (χ3v) is 1.64. The summed E-state index contributed by atoms with van der Waals surface area (Å²) in [6, 6.07) is 8.26. The van der Waals surface area contributed by atoms with Crippen molar-refractivity contribution in [2.75, 3.05) is 0 Å². The molecule has 0 saturated heterocycles. The standard InChI is InChI=1S/C10H10O4/c1-7(9(11)12)14-10(13)8-5-3-2-4-6-8/h2-7H,1H3,(H,11,12). The second-order valence-electron chi connectivity index (χ2n) is 2.75. The first-order valence-electron chi connectivity index (χ1n) is 4.10. The smallest absolute Gasteiger partial charge is 0.344 e. The van der Waals surface area contributed by atoms with Gasteiger partial charge in [-0.2, -0.15) is 0 Å². The van der Waals surface area contributed by atoms with Crippen LogP contribution in [0.2, 0.25) is 0 Å². The van der Waals surface area contributed by atoms with Crippen LogP contribution in [0.25, 0.3) is 0 Å². The highest BCUT2D eigenvalue weighted by molar-refractivity contribution is 5.91. The molecule has 1 aromatic carbocycles. The van der Waals surface area contributed by atoms with E-state index in [1.54, 1.807) is 30.3 Å². The molecule has 1 N–H and O–H groups in total. The molecule has 74 valence electrons. The van der Waals surface area contributed by atoms with Crippen molar-refractivity contribution in [2.24, 2.45) is 0 Å². The molecule has 1 atom stereocenters. The molecule has 0 amide bonds. The van der Waals surface area contributed by atoms with Crippen molar-refractivity contribution in [3.8, 4) is 0 Å². The van der Waals surface area contributed by atoms with Crippen LogP contribution in [0.15, 0.2) is 30.3 Å². The summed E-state index contributed by atoms with van der Waals surface area (Å²) in [5, 5.41) is 8.50. The molecule has 0 aromatic heterocycles. The van der Waals surface area contributed by atoms with Crippen LogP contribution < -0.4 is 0 Å². The highest BCUT2D eigenvalue weighted by Gasteiger charge is 2.16. The Bertz CT molecular complexity index is 331. The Morgan fingerprint density at radius 3 is 2.36 bits per heavy atom. The molecule has 1 rings (SSSR count). The molecular weight excluding hydrogens is 184 g/mol. The third kappa shape index (κ3) is 2.58. The number of benzene rings is 1. The van der Waals surface area contributed by atoms with E-state index in [1.807, 2.05) is 0 Å². The number of carboxylic acid groups (broad SMARTS) is 1. The first kappa shape index (κ1) is 10.2. The molecule has 1 unspecified atom stereocenters. The van der Waals surface area contributed by atoms with Gasteiger partial charge in [-0.05, 0) is 19.1 Å². The van der Waals surface area contributed by atoms with Gasteiger partial charge in [0.25, 0.3) is 0 Å². The van der Waals surface area contributed by atoms with E-state index < -0.39 is 18.0 Å². The predicted molar refractivity (Wildman–Crippen MR) is 49.0 cm³/mol. The summed E-state index contributed by atoms with van der Waals surface area (Å²) >= 11 is 0. The number of aliphatic carboxylic acids is 1. The van der Waals surface area contributed by atoms with E-state index in [0.29, 0.717) is 5.56 Å². The van der Waals surface area contributed by atoms with Gasteiger partial charge in [-0.25, -0.2) is 9.59 Å². The normalized spacial score (nSPS) is 11.8. The molecular formula is C10H10O4. The Hall–Kier alpha value is -1.84. The molecule has 0 bridgehead atoms. The van der Waals surface area contributed by atoms with E-state index in [1.165, 1.54) is 6.92 Å². The molecule has 4 heteroatoms. The maximum absolute atomic E-state index is 11.3. The topological polar surface area (TPSA) is 63.6 Å². The van der Waals surface area contributed by atoms with Gasteiger partial charge in [-0.1, -0.05) is 18.2 Å². The summed E-state index contributed by atoms with van der Waals surface area (Å²) in [7, 11) is 0. The van der Waals surface area contributed by atoms with Crippen molar-refractivity contribution in [1.82, 2.24) is 0 Å². The van der Waals surface area contributed by atoms with Crippen molar-refractivity contribution in [3.63, 3.8) is 0 Å². The van der Waals surface area contributed by atoms with Gasteiger partial charge >= 0.3 is 11.9 Å². The second-order valence-corrected chi connectivity index (χ2v) is 2.75. The Morgan fingerprint density at radius 2 is 1.86 bits per heavy atom. The van der Waals surface area contributed by atoms with Crippen LogP contribution in [0.5, 0.6) is 0 Å². The number of ether oxygens (including phenoxy) is 1. The molecule has 0 aliphatic heterocycles. The Balaban J connectivity index is 2.64. The number of hydrogen-bond donors (Lipinski definition) is 1. The van der Waals surface area contributed by atoms with E-state index in [0.717, 1.165) is 0 Å². The highest BCUT2D eigenvalue weighted by Crippen LogP contribution is 2.03. The van der Waals surface area contributed by atoms with Crippen molar-refractivity contribution >= 4 is 11.9 Å². The third-order valence-electron chi connectivity index (χ3n) is 1.64. The summed E-state index contributed by atoms with van der Waals surface area (Å²) in [4.78, 5) is 21.7. The van der Waals surface area contributed by atoms with E-state index in [2.05, 4.69) is 4.74 Å². The van der Waals surface area contributed by atoms with Gasteiger partial charge in [-0.15, -0.1) is 0 Å². The lowest BCUT2D eigenvalue weighted by Gasteiger charge is -2.07. The van der Waals surface area contributed by atoms with Crippen LogP contribution in [0.4, 0.5) is 0 Å². The molecule has 1 aromatic rings. The van der Waals surface area contributed by atoms with Crippen molar-refractivity contribution in [2.45, 2.75) is 13.0 Å². The van der Waals surface area contributed by atoms with Crippen LogP contribution in [0, 0.1) is 0 Å². The van der Waals surface area contributed by atoms with Gasteiger partial charge in [0.05, 0.1) is 5.56 Å². The van der Waals surface area contributed by atoms with Crippen molar-refractivity contribution < 1.29 is 19.4 Å². The minimum Gasteiger partial charge on any atom is -0.479 e. The maximum atomic E-state index is 11.3. The Kier molecular flexibility index (Phi) is 3.23. The van der Waals surface area contributed by atoms with Crippen LogP contribution in [0.3, 0.4) is 0 Å². The van der Waals surface area contributed by atoms with Gasteiger partial charge in [0, 0.05) is 0 Å². The molecule has 0 heterocycles. The van der Waals surface area contributed by atoms with E-state index in [9.17, 15) is 9.59 Å². The molecule has 0 radical (unpaired) electrons. The lowest BCUT2D eigenvalue weighted by molar-refractivity contribution is -0.146. The van der Waals surface area contributed by atoms with Crippen LogP contribution in [-0.4, -0.2) is 23.1 Å². The average molecular weight is 194 g/mol. The quantitative estimate of drug-likeness (QED) is 0.737. The minimum atomic E-state index is -1.16. The van der Waals surface area contributed by atoms with Gasteiger partial charge in [0.1, 0.15) is 0 Å². The predicted octanol–water partition coefficient (Wildman–Crippen LogP) is 1.32. The lowest BCUT2D eigenvalue weighted by Crippen LogP contribution is -2.23. The fourth-order valence-electron chi connectivity index (χ4n) is 0.853. The summed E-state index contributed by atoms with van der Waals surface area (Å²) in [5.41, 5.74) is 0.348. The average Bonchev–Trinajstić information content (AvgIpc) is 2.19. The lowest BCUT2D eigenvalue weighted by atomic mass is 10.2. The van der Waals surface area contributed by atoms with Gasteiger partial charge in [0.2, 0.25) is 0 Å². The molecule has 14 heavy (non-hydrogen) atoms. The number of carbonyl (C=O) groups is 2. The SMILES string of the molecule is CC(OC(=O)c1ccccc1)C(=O)O. The zero-order valence-corrected chi connectivity index (χ0v) is 7.64. The van der Waals surface area contributed by atoms with Gasteiger partial charge in [0.15, 0.2) is 6.10 Å². The van der Waals surface area contributed by atoms with Crippen LogP contribution in [-0.2, 0) is 9.53 Å². The zero-order valence-electron chi connectivity index (χ0n) is 7.64. The number of esters is 1. The van der Waals surface area contributed by atoms with E-state index >= 15 is 0 Å². The van der Waals surface area contributed by atoms with Gasteiger partial charge < -0.3 is 9.84 Å². The molecule has 0 aliphatic carbocycles. The monoisotopic (exact) mass is 194 g/mol. The molecule has 0 fully saturated rings. The first-order valence-corrected chi connectivity index (χ1v) is 4.10. The van der Waals surface area contributed by atoms with E-state index in [-0.39, 0.29) is 0 Å². The summed E-state index contributed by atoms with van der Waals surface area (Å²) in [6.45, 7) is 1.31. The fourth-order valence-corrected chi connectivity index (χ4v) is 0.853. The molecule has 0 saturated carbocycles. The summed E-state index contributed by atoms with van der Waals surface area (Å²) in [6.07, 6.45) is -1.12. The van der Waals surface area contributed by atoms with Crippen molar-refractivity contribution in [1.29, 1.82) is 0 Å². The largest absolute Gasteiger partial charge is 0.479 e. The zero-order chi connectivity index (χ0) is 10.6. The Labute approximate surface area is 81.1 Å². The highest BCUT2D eigenvalue weighted by atomic mass is 16.6. The minimum absolute atomic E-state index is 0.348. The number of carboxylic acids is 1. The van der Waals surface area contributed by atoms with Gasteiger partial charge in [-0.3, -0.25) is 0 Å². The fraction of sp³-hybridized carbons (Fsp3) is 0.200. The Morgan fingerprint density at radius 1 is 1.29 bits per heavy atom. The maximum Gasteiger partial charge on any atom is 0.344 e. The van der Waals surface area contributed by atoms with Crippen LogP contribution in [0.1, 0.15) is 17.3 Å². The second kappa shape index (κ2) is 4.41. The first-order chi connectivity index (χ1) is 6.61. The van der Waals surface area contributed by atoms with E-state index in [4.69, 9.17) is 5.11 Å².